The van der Waals surface area contributed by atoms with Gasteiger partial charge in [0, 0.05) is 59.5 Å². The quantitative estimate of drug-likeness (QED) is 0.456. The molecule has 5 rings (SSSR count). The van der Waals surface area contributed by atoms with Crippen LogP contribution in [0.25, 0.3) is 5.65 Å². The van der Waals surface area contributed by atoms with Crippen molar-refractivity contribution in [3.05, 3.63) is 35.9 Å². The lowest BCUT2D eigenvalue weighted by Crippen LogP contribution is -2.61. The summed E-state index contributed by atoms with van der Waals surface area (Å²) in [5.74, 6) is 1.10. The molecule has 2 fully saturated rings. The number of nitrogens with two attached hydrogens (primary N) is 1. The maximum atomic E-state index is 13.1. The van der Waals surface area contributed by atoms with Crippen LogP contribution in [0.4, 0.5) is 11.8 Å². The van der Waals surface area contributed by atoms with E-state index in [2.05, 4.69) is 26.5 Å². The van der Waals surface area contributed by atoms with Crippen LogP contribution in [0.3, 0.4) is 0 Å². The van der Waals surface area contributed by atoms with E-state index < -0.39 is 11.4 Å². The molecule has 12 heteroatoms. The van der Waals surface area contributed by atoms with E-state index in [9.17, 15) is 4.55 Å². The maximum Gasteiger partial charge on any atom is 0.211 e. The van der Waals surface area contributed by atoms with Gasteiger partial charge in [-0.3, -0.25) is 4.40 Å². The van der Waals surface area contributed by atoms with E-state index in [0.717, 1.165) is 40.8 Å². The predicted molar refractivity (Wildman–Crippen MR) is 145 cm³/mol. The summed E-state index contributed by atoms with van der Waals surface area (Å²) in [5, 5.41) is 0.423. The molecule has 9 nitrogen and oxygen atoms in total. The van der Waals surface area contributed by atoms with Crippen molar-refractivity contribution in [2.24, 2.45) is 5.41 Å². The molecule has 0 radical (unpaired) electrons. The zero-order chi connectivity index (χ0) is 25.7. The van der Waals surface area contributed by atoms with Crippen molar-refractivity contribution >= 4 is 52.1 Å². The number of ether oxygens (including phenoxy) is 1. The van der Waals surface area contributed by atoms with Crippen molar-refractivity contribution in [1.29, 1.82) is 0 Å². The summed E-state index contributed by atoms with van der Waals surface area (Å²) < 4.78 is 24.3. The molecule has 36 heavy (non-hydrogen) atoms. The highest BCUT2D eigenvalue weighted by Gasteiger charge is 2.51. The first kappa shape index (κ1) is 25.9. The monoisotopic (exact) mass is 549 g/mol. The Labute approximate surface area is 223 Å². The number of imidazole rings is 1. The van der Waals surface area contributed by atoms with Gasteiger partial charge in [0.05, 0.1) is 28.7 Å². The molecule has 0 aliphatic carbocycles. The van der Waals surface area contributed by atoms with Gasteiger partial charge in [0.2, 0.25) is 5.95 Å². The lowest BCUT2D eigenvalue weighted by molar-refractivity contribution is 0.0871. The van der Waals surface area contributed by atoms with Crippen molar-refractivity contribution < 1.29 is 9.29 Å². The molecule has 2 aliphatic rings. The van der Waals surface area contributed by atoms with Crippen molar-refractivity contribution in [2.45, 2.75) is 67.2 Å². The molecule has 0 saturated carbocycles. The Morgan fingerprint density at radius 2 is 2.08 bits per heavy atom. The second kappa shape index (κ2) is 9.85. The second-order valence-electron chi connectivity index (χ2n) is 10.6. The number of piperidine rings is 1. The molecule has 1 spiro atoms. The molecule has 3 aromatic heterocycles. The first-order chi connectivity index (χ1) is 17.1. The van der Waals surface area contributed by atoms with E-state index >= 15 is 0 Å². The van der Waals surface area contributed by atoms with Gasteiger partial charge < -0.3 is 19.9 Å². The molecule has 4 atom stereocenters. The van der Waals surface area contributed by atoms with Gasteiger partial charge in [-0.25, -0.2) is 15.0 Å². The van der Waals surface area contributed by atoms with E-state index in [1.165, 1.54) is 11.8 Å². The third-order valence-corrected chi connectivity index (χ3v) is 10.1. The summed E-state index contributed by atoms with van der Waals surface area (Å²) in [4.78, 5) is 17.4. The minimum Gasteiger partial charge on any atom is -0.598 e. The smallest absolute Gasteiger partial charge is 0.211 e. The number of hydrogen-bond donors (Lipinski definition) is 2. The topological polar surface area (TPSA) is 117 Å². The van der Waals surface area contributed by atoms with Gasteiger partial charge in [0.15, 0.2) is 5.65 Å². The number of pyridine rings is 1. The number of nitrogens with zero attached hydrogens (tertiary/aromatic N) is 5. The van der Waals surface area contributed by atoms with Gasteiger partial charge in [-0.1, -0.05) is 23.4 Å². The van der Waals surface area contributed by atoms with Crippen molar-refractivity contribution in [1.82, 2.24) is 24.1 Å². The summed E-state index contributed by atoms with van der Waals surface area (Å²) in [6.07, 6.45) is 9.25. The molecule has 3 N–H and O–H groups in total. The molecule has 2 unspecified atom stereocenters. The highest BCUT2D eigenvalue weighted by Crippen LogP contribution is 2.44. The van der Waals surface area contributed by atoms with Crippen LogP contribution in [0, 0.1) is 5.41 Å². The van der Waals surface area contributed by atoms with Crippen molar-refractivity contribution in [2.75, 3.05) is 30.3 Å². The summed E-state index contributed by atoms with van der Waals surface area (Å²) in [5.41, 5.74) is 6.63. The van der Waals surface area contributed by atoms with Gasteiger partial charge in [0.25, 0.3) is 0 Å². The van der Waals surface area contributed by atoms with Crippen LogP contribution in [0.15, 0.2) is 40.6 Å². The molecule has 0 bridgehead atoms. The average molecular weight is 550 g/mol. The van der Waals surface area contributed by atoms with Gasteiger partial charge >= 0.3 is 0 Å². The molecular formula is C24H32ClN7O2S2. The second-order valence-corrected chi connectivity index (χ2v) is 14.0. The number of nitrogens with one attached hydrogen (secondary N) is 1. The molecule has 3 aromatic rings. The van der Waals surface area contributed by atoms with Crippen LogP contribution in [0.2, 0.25) is 5.02 Å². The fraction of sp³-hybridized carbons (Fsp3) is 0.542. The van der Waals surface area contributed by atoms with Crippen LogP contribution in [-0.2, 0) is 16.1 Å². The highest BCUT2D eigenvalue weighted by atomic mass is 35.5. The lowest BCUT2D eigenvalue weighted by Gasteiger charge is -2.46. The van der Waals surface area contributed by atoms with Crippen LogP contribution in [0.1, 0.15) is 40.5 Å². The van der Waals surface area contributed by atoms with Crippen LogP contribution in [0.5, 0.6) is 0 Å². The fourth-order valence-electron chi connectivity index (χ4n) is 4.93. The number of halogens is 1. The van der Waals surface area contributed by atoms with E-state index in [4.69, 9.17) is 27.1 Å². The van der Waals surface area contributed by atoms with Gasteiger partial charge in [-0.05, 0) is 46.6 Å². The zero-order valence-electron chi connectivity index (χ0n) is 20.9. The summed E-state index contributed by atoms with van der Waals surface area (Å²) in [6.45, 7) is 10.3. The molecule has 2 aliphatic heterocycles. The third-order valence-electron chi connectivity index (χ3n) is 6.93. The maximum absolute atomic E-state index is 13.1. The standard InChI is InChI=1S/C24H32ClN7O2S2/c1-15-11-24(14-34-15)6-9-31(13-18(24)30-36(33)23(2,3)4)22-29-12-17(21-28-8-10-32(21)22)35-16-5-7-27-20(26)19(16)25/h5,7-8,10,12,15,18,30H,6,9,11,13-14H2,1-4H3,(H2,26,27)/t15-,18?,24?,36+/m0/s1. The molecule has 2 saturated heterocycles. The van der Waals surface area contributed by atoms with Crippen molar-refractivity contribution in [3.63, 3.8) is 0 Å². The number of anilines is 2. The first-order valence-corrected chi connectivity index (χ1v) is 14.4. The number of hydrogen-bond acceptors (Lipinski definition) is 9. The largest absolute Gasteiger partial charge is 0.598 e. The van der Waals surface area contributed by atoms with Crippen LogP contribution in [-0.4, -0.2) is 60.5 Å². The Balaban J connectivity index is 1.44. The third kappa shape index (κ3) is 4.89. The normalized spacial score (nSPS) is 25.7. The van der Waals surface area contributed by atoms with E-state index in [-0.39, 0.29) is 22.3 Å². The molecule has 0 aromatic carbocycles. The van der Waals surface area contributed by atoms with Gasteiger partial charge in [-0.15, -0.1) is 4.72 Å². The zero-order valence-corrected chi connectivity index (χ0v) is 23.3. The number of aromatic nitrogens is 4. The Kier molecular flexibility index (Phi) is 7.08. The molecule has 0 amide bonds. The van der Waals surface area contributed by atoms with Crippen molar-refractivity contribution in [3.8, 4) is 0 Å². The van der Waals surface area contributed by atoms with Crippen LogP contribution >= 0.6 is 23.4 Å². The van der Waals surface area contributed by atoms with E-state index in [1.54, 1.807) is 12.4 Å². The molecule has 5 heterocycles. The van der Waals surface area contributed by atoms with E-state index in [1.807, 2.05) is 43.6 Å². The Hall–Kier alpha value is -1.76. The van der Waals surface area contributed by atoms with Gasteiger partial charge in [-0.2, -0.15) is 0 Å². The molecular weight excluding hydrogens is 518 g/mol. The Morgan fingerprint density at radius 3 is 2.81 bits per heavy atom. The number of fused-ring (bicyclic) bond motifs is 1. The summed E-state index contributed by atoms with van der Waals surface area (Å²) >= 11 is 6.64. The number of nitrogen functional groups attached to an aromatic ring is 1. The number of rotatable bonds is 5. The lowest BCUT2D eigenvalue weighted by atomic mass is 9.73. The summed E-state index contributed by atoms with van der Waals surface area (Å²) in [6, 6.07) is 1.83. The minimum atomic E-state index is -1.19. The predicted octanol–water partition coefficient (Wildman–Crippen LogP) is 3.94. The Bertz CT molecular complexity index is 1250. The summed E-state index contributed by atoms with van der Waals surface area (Å²) in [7, 11) is 0. The average Bonchev–Trinajstić information content (AvgIpc) is 3.46. The first-order valence-electron chi connectivity index (χ1n) is 12.0. The van der Waals surface area contributed by atoms with Gasteiger partial charge in [0.1, 0.15) is 10.6 Å². The fourth-order valence-corrected chi connectivity index (χ4v) is 7.00. The Morgan fingerprint density at radius 1 is 1.28 bits per heavy atom. The van der Waals surface area contributed by atoms with E-state index in [0.29, 0.717) is 24.0 Å². The molecule has 194 valence electrons. The van der Waals surface area contributed by atoms with Crippen LogP contribution < -0.4 is 15.4 Å². The highest BCUT2D eigenvalue weighted by molar-refractivity contribution is 7.99. The SMILES string of the molecule is C[C@H]1CC2(CCN(c3ncc(Sc4ccnc(N)c4Cl)c4nccn34)CC2N[S@+]([O-])C(C)(C)C)CO1. The minimum absolute atomic E-state index is 0.00396.